The van der Waals surface area contributed by atoms with Gasteiger partial charge in [-0.3, -0.25) is 10.1 Å². The van der Waals surface area contributed by atoms with Gasteiger partial charge in [-0.1, -0.05) is 12.1 Å². The summed E-state index contributed by atoms with van der Waals surface area (Å²) in [5.74, 6) is -0.482. The fourth-order valence-electron chi connectivity index (χ4n) is 2.97. The molecule has 4 N–H and O–H groups in total. The first kappa shape index (κ1) is 22.1. The van der Waals surface area contributed by atoms with Crippen LogP contribution < -0.4 is 16.4 Å². The van der Waals surface area contributed by atoms with E-state index in [0.29, 0.717) is 33.3 Å². The van der Waals surface area contributed by atoms with E-state index in [0.717, 1.165) is 0 Å². The summed E-state index contributed by atoms with van der Waals surface area (Å²) in [4.78, 5) is 38.8. The highest BCUT2D eigenvalue weighted by Crippen LogP contribution is 2.19. The third kappa shape index (κ3) is 5.72. The zero-order chi connectivity index (χ0) is 22.5. The average molecular weight is 444 g/mol. The summed E-state index contributed by atoms with van der Waals surface area (Å²) in [6.45, 7) is 3.84. The summed E-state index contributed by atoms with van der Waals surface area (Å²) >= 11 is 1.24. The molecule has 3 aromatic rings. The Morgan fingerprint density at radius 3 is 2.58 bits per heavy atom. The monoisotopic (exact) mass is 443 g/mol. The van der Waals surface area contributed by atoms with Crippen molar-refractivity contribution in [1.82, 2.24) is 25.2 Å². The maximum absolute atomic E-state index is 13.2. The number of hydrogen-bond donors (Lipinski definition) is 3. The fourth-order valence-corrected chi connectivity index (χ4v) is 3.66. The molecule has 1 aromatic carbocycles. The maximum Gasteiger partial charge on any atom is 0.321 e. The van der Waals surface area contributed by atoms with Crippen LogP contribution in [-0.4, -0.2) is 38.8 Å². The van der Waals surface area contributed by atoms with E-state index >= 15 is 0 Å². The number of hydrogen-bond acceptors (Lipinski definition) is 7. The van der Waals surface area contributed by atoms with Crippen LogP contribution in [0.25, 0.3) is 0 Å². The molecule has 2 aromatic heterocycles. The van der Waals surface area contributed by atoms with E-state index in [2.05, 4.69) is 25.6 Å². The number of benzene rings is 1. The second-order valence-electron chi connectivity index (χ2n) is 6.87. The minimum Gasteiger partial charge on any atom is -0.368 e. The van der Waals surface area contributed by atoms with Crippen LogP contribution in [0, 0.1) is 19.7 Å². The van der Waals surface area contributed by atoms with Gasteiger partial charge in [-0.2, -0.15) is 0 Å². The first-order valence-electron chi connectivity index (χ1n) is 9.33. The number of rotatable bonds is 6. The number of nitrogens with one attached hydrogen (secondary N) is 2. The van der Waals surface area contributed by atoms with Gasteiger partial charge in [0.15, 0.2) is 5.13 Å². The standard InChI is InChI=1S/C20H22FN7O2S/c1-11-16(12(2)25-18(22)24-11)17(29)28(3)9-15-10-31-20(26-15)27-19(30)23-8-13-5-4-6-14(21)7-13/h4-7,10H,8-9H2,1-3H3,(H2,22,24,25)(H2,23,26,27,30). The zero-order valence-corrected chi connectivity index (χ0v) is 18.1. The van der Waals surface area contributed by atoms with Crippen LogP contribution in [0.2, 0.25) is 0 Å². The molecular weight excluding hydrogens is 421 g/mol. The number of nitrogens with zero attached hydrogens (tertiary/aromatic N) is 4. The van der Waals surface area contributed by atoms with Crippen molar-refractivity contribution < 1.29 is 14.0 Å². The minimum atomic E-state index is -0.458. The van der Waals surface area contributed by atoms with Gasteiger partial charge in [0.05, 0.1) is 29.2 Å². The van der Waals surface area contributed by atoms with Gasteiger partial charge in [0, 0.05) is 19.0 Å². The molecule has 11 heteroatoms. The number of aromatic nitrogens is 3. The number of thiazole rings is 1. The summed E-state index contributed by atoms with van der Waals surface area (Å²) in [6.07, 6.45) is 0. The number of anilines is 2. The van der Waals surface area contributed by atoms with Gasteiger partial charge < -0.3 is 16.0 Å². The number of carbonyl (C=O) groups is 2. The lowest BCUT2D eigenvalue weighted by Crippen LogP contribution is -2.29. The number of aryl methyl sites for hydroxylation is 2. The van der Waals surface area contributed by atoms with E-state index in [-0.39, 0.29) is 30.8 Å². The predicted octanol–water partition coefficient (Wildman–Crippen LogP) is 2.87. The van der Waals surface area contributed by atoms with Crippen LogP contribution in [0.1, 0.15) is 33.0 Å². The van der Waals surface area contributed by atoms with Crippen molar-refractivity contribution in [3.63, 3.8) is 0 Å². The first-order valence-corrected chi connectivity index (χ1v) is 10.2. The van der Waals surface area contributed by atoms with Crippen LogP contribution in [0.4, 0.5) is 20.3 Å². The Balaban J connectivity index is 1.57. The van der Waals surface area contributed by atoms with Crippen molar-refractivity contribution in [2.75, 3.05) is 18.1 Å². The molecule has 0 radical (unpaired) electrons. The van der Waals surface area contributed by atoms with Gasteiger partial charge >= 0.3 is 6.03 Å². The van der Waals surface area contributed by atoms with Crippen LogP contribution in [0.15, 0.2) is 29.6 Å². The van der Waals surface area contributed by atoms with Crippen molar-refractivity contribution >= 4 is 34.4 Å². The SMILES string of the molecule is Cc1nc(N)nc(C)c1C(=O)N(C)Cc1csc(NC(=O)NCc2cccc(F)c2)n1. The number of carbonyl (C=O) groups excluding carboxylic acids is 2. The van der Waals surface area contributed by atoms with Gasteiger partial charge in [-0.15, -0.1) is 11.3 Å². The molecule has 0 fully saturated rings. The highest BCUT2D eigenvalue weighted by Gasteiger charge is 2.20. The van der Waals surface area contributed by atoms with Gasteiger partial charge in [0.25, 0.3) is 5.91 Å². The van der Waals surface area contributed by atoms with Gasteiger partial charge in [0.1, 0.15) is 5.82 Å². The van der Waals surface area contributed by atoms with Gasteiger partial charge in [-0.05, 0) is 31.5 Å². The average Bonchev–Trinajstić information content (AvgIpc) is 3.12. The number of nitrogens with two attached hydrogens (primary N) is 1. The Bertz CT molecular complexity index is 1100. The largest absolute Gasteiger partial charge is 0.368 e. The molecule has 0 saturated carbocycles. The highest BCUT2D eigenvalue weighted by atomic mass is 32.1. The first-order chi connectivity index (χ1) is 14.7. The van der Waals surface area contributed by atoms with Crippen LogP contribution in [0.5, 0.6) is 0 Å². The molecule has 31 heavy (non-hydrogen) atoms. The topological polar surface area (TPSA) is 126 Å². The zero-order valence-electron chi connectivity index (χ0n) is 17.3. The molecule has 0 spiro atoms. The number of halogens is 1. The predicted molar refractivity (Wildman–Crippen MR) is 116 cm³/mol. The summed E-state index contributed by atoms with van der Waals surface area (Å²) in [6, 6.07) is 5.53. The molecule has 2 heterocycles. The minimum absolute atomic E-state index is 0.125. The lowest BCUT2D eigenvalue weighted by Gasteiger charge is -2.18. The van der Waals surface area contributed by atoms with E-state index in [1.165, 1.54) is 28.4 Å². The van der Waals surface area contributed by atoms with Crippen molar-refractivity contribution in [2.45, 2.75) is 26.9 Å². The second-order valence-corrected chi connectivity index (χ2v) is 7.73. The molecule has 0 bridgehead atoms. The molecule has 3 rings (SSSR count). The highest BCUT2D eigenvalue weighted by molar-refractivity contribution is 7.13. The van der Waals surface area contributed by atoms with Crippen LogP contribution in [0.3, 0.4) is 0 Å². The molecule has 0 atom stereocenters. The van der Waals surface area contributed by atoms with E-state index < -0.39 is 6.03 Å². The molecule has 0 saturated heterocycles. The number of nitrogen functional groups attached to an aromatic ring is 1. The molecule has 0 unspecified atom stereocenters. The van der Waals surface area contributed by atoms with Crippen molar-refractivity contribution in [3.8, 4) is 0 Å². The van der Waals surface area contributed by atoms with Gasteiger partial charge in [0.2, 0.25) is 5.95 Å². The molecule has 3 amide bonds. The Labute approximate surface area is 182 Å². The quantitative estimate of drug-likeness (QED) is 0.538. The van der Waals surface area contributed by atoms with Crippen molar-refractivity contribution in [2.24, 2.45) is 0 Å². The normalized spacial score (nSPS) is 10.6. The third-order valence-corrected chi connectivity index (χ3v) is 5.17. The molecule has 0 aliphatic carbocycles. The summed E-state index contributed by atoms with van der Waals surface area (Å²) in [7, 11) is 1.65. The van der Waals surface area contributed by atoms with Crippen LogP contribution >= 0.6 is 11.3 Å². The third-order valence-electron chi connectivity index (χ3n) is 4.36. The smallest absolute Gasteiger partial charge is 0.321 e. The fraction of sp³-hybridized carbons (Fsp3) is 0.250. The Morgan fingerprint density at radius 2 is 1.90 bits per heavy atom. The molecule has 0 aliphatic heterocycles. The Kier molecular flexibility index (Phi) is 6.75. The van der Waals surface area contributed by atoms with Crippen LogP contribution in [-0.2, 0) is 13.1 Å². The summed E-state index contributed by atoms with van der Waals surface area (Å²) in [5, 5.41) is 7.41. The Hall–Kier alpha value is -3.60. The maximum atomic E-state index is 13.2. The number of amides is 3. The molecule has 0 aliphatic rings. The Morgan fingerprint density at radius 1 is 1.19 bits per heavy atom. The molecular formula is C20H22FN7O2S. The lowest BCUT2D eigenvalue weighted by atomic mass is 10.1. The van der Waals surface area contributed by atoms with E-state index in [9.17, 15) is 14.0 Å². The van der Waals surface area contributed by atoms with E-state index in [1.807, 2.05) is 0 Å². The van der Waals surface area contributed by atoms with Gasteiger partial charge in [-0.25, -0.2) is 24.1 Å². The van der Waals surface area contributed by atoms with Crippen molar-refractivity contribution in [3.05, 3.63) is 63.7 Å². The second kappa shape index (κ2) is 9.47. The number of urea groups is 1. The molecule has 9 nitrogen and oxygen atoms in total. The lowest BCUT2D eigenvalue weighted by molar-refractivity contribution is 0.0781. The van der Waals surface area contributed by atoms with E-state index in [1.54, 1.807) is 38.4 Å². The summed E-state index contributed by atoms with van der Waals surface area (Å²) < 4.78 is 13.2. The van der Waals surface area contributed by atoms with E-state index in [4.69, 9.17) is 5.73 Å². The summed E-state index contributed by atoms with van der Waals surface area (Å²) in [5.41, 5.74) is 8.31. The molecule has 162 valence electrons. The van der Waals surface area contributed by atoms with Crippen molar-refractivity contribution in [1.29, 1.82) is 0 Å².